The van der Waals surface area contributed by atoms with Crippen molar-refractivity contribution >= 4 is 0 Å². The zero-order valence-electron chi connectivity index (χ0n) is 11.3. The van der Waals surface area contributed by atoms with E-state index in [-0.39, 0.29) is 6.04 Å². The average Bonchev–Trinajstić information content (AvgIpc) is 2.39. The summed E-state index contributed by atoms with van der Waals surface area (Å²) < 4.78 is 0. The third-order valence-electron chi connectivity index (χ3n) is 3.23. The average molecular weight is 235 g/mol. The maximum absolute atomic E-state index is 6.29. The van der Waals surface area contributed by atoms with Crippen LogP contribution < -0.4 is 5.73 Å². The van der Waals surface area contributed by atoms with Gasteiger partial charge in [0.25, 0.3) is 0 Å². The largest absolute Gasteiger partial charge is 0.326 e. The molecule has 0 fully saturated rings. The minimum absolute atomic E-state index is 0.184. The fourth-order valence-electron chi connectivity index (χ4n) is 2.29. The van der Waals surface area contributed by atoms with E-state index >= 15 is 0 Å². The number of hydrogen-bond donors (Lipinski definition) is 1. The molecule has 0 aliphatic rings. The van der Waals surface area contributed by atoms with E-state index in [9.17, 15) is 0 Å². The van der Waals surface area contributed by atoms with Crippen molar-refractivity contribution in [2.45, 2.75) is 45.7 Å². The van der Waals surface area contributed by atoms with Crippen LogP contribution in [0.1, 0.15) is 45.2 Å². The molecule has 1 rings (SSSR count). The van der Waals surface area contributed by atoms with E-state index in [0.717, 1.165) is 25.9 Å². The maximum atomic E-state index is 6.29. The number of rotatable bonds is 7. The van der Waals surface area contributed by atoms with Gasteiger partial charge in [0.1, 0.15) is 0 Å². The first kappa shape index (κ1) is 14.1. The first-order valence-corrected chi connectivity index (χ1v) is 6.64. The minimum Gasteiger partial charge on any atom is -0.326 e. The van der Waals surface area contributed by atoms with Crippen LogP contribution in [0.5, 0.6) is 0 Å². The SMILES string of the molecule is CCCN(CC)C(c1ccncc1)C(N)CC. The summed E-state index contributed by atoms with van der Waals surface area (Å²) >= 11 is 0. The van der Waals surface area contributed by atoms with E-state index < -0.39 is 0 Å². The van der Waals surface area contributed by atoms with Crippen molar-refractivity contribution in [3.8, 4) is 0 Å². The van der Waals surface area contributed by atoms with E-state index in [0.29, 0.717) is 6.04 Å². The molecule has 2 N–H and O–H groups in total. The van der Waals surface area contributed by atoms with Crippen LogP contribution >= 0.6 is 0 Å². The zero-order valence-corrected chi connectivity index (χ0v) is 11.3. The van der Waals surface area contributed by atoms with Crippen molar-refractivity contribution in [1.82, 2.24) is 9.88 Å². The highest BCUT2D eigenvalue weighted by Crippen LogP contribution is 2.24. The van der Waals surface area contributed by atoms with Gasteiger partial charge in [-0.25, -0.2) is 0 Å². The molecule has 0 amide bonds. The molecule has 2 unspecified atom stereocenters. The highest BCUT2D eigenvalue weighted by molar-refractivity contribution is 5.17. The van der Waals surface area contributed by atoms with Crippen LogP contribution in [0.25, 0.3) is 0 Å². The summed E-state index contributed by atoms with van der Waals surface area (Å²) in [6.45, 7) is 8.69. The molecule has 0 saturated carbocycles. The standard InChI is InChI=1S/C14H25N3/c1-4-11-17(6-3)14(13(15)5-2)12-7-9-16-10-8-12/h7-10,13-14H,4-6,11,15H2,1-3H3. The second kappa shape index (κ2) is 7.41. The number of aromatic nitrogens is 1. The zero-order chi connectivity index (χ0) is 12.7. The Morgan fingerprint density at radius 2 is 1.88 bits per heavy atom. The first-order valence-electron chi connectivity index (χ1n) is 6.64. The Bertz CT molecular complexity index is 300. The molecule has 0 bridgehead atoms. The molecule has 3 heteroatoms. The monoisotopic (exact) mass is 235 g/mol. The predicted octanol–water partition coefficient (Wildman–Crippen LogP) is 2.59. The lowest BCUT2D eigenvalue weighted by molar-refractivity contribution is 0.178. The van der Waals surface area contributed by atoms with E-state index in [2.05, 4.69) is 42.8 Å². The normalized spacial score (nSPS) is 14.9. The van der Waals surface area contributed by atoms with Gasteiger partial charge >= 0.3 is 0 Å². The summed E-state index contributed by atoms with van der Waals surface area (Å²) in [7, 11) is 0. The third-order valence-corrected chi connectivity index (χ3v) is 3.23. The van der Waals surface area contributed by atoms with Crippen molar-refractivity contribution in [2.24, 2.45) is 5.73 Å². The highest BCUT2D eigenvalue weighted by Gasteiger charge is 2.23. The van der Waals surface area contributed by atoms with Gasteiger partial charge in [0.05, 0.1) is 0 Å². The van der Waals surface area contributed by atoms with Crippen molar-refractivity contribution in [3.05, 3.63) is 30.1 Å². The van der Waals surface area contributed by atoms with Gasteiger partial charge in [-0.2, -0.15) is 0 Å². The summed E-state index contributed by atoms with van der Waals surface area (Å²) in [4.78, 5) is 6.55. The molecular weight excluding hydrogens is 210 g/mol. The van der Waals surface area contributed by atoms with Gasteiger partial charge in [0.15, 0.2) is 0 Å². The predicted molar refractivity (Wildman–Crippen MR) is 72.8 cm³/mol. The lowest BCUT2D eigenvalue weighted by atomic mass is 9.97. The van der Waals surface area contributed by atoms with Gasteiger partial charge < -0.3 is 5.73 Å². The minimum atomic E-state index is 0.184. The lowest BCUT2D eigenvalue weighted by Gasteiger charge is -2.34. The summed E-state index contributed by atoms with van der Waals surface area (Å²) in [5.41, 5.74) is 7.58. The Morgan fingerprint density at radius 1 is 1.24 bits per heavy atom. The molecule has 2 atom stereocenters. The molecule has 0 spiro atoms. The number of pyridine rings is 1. The summed E-state index contributed by atoms with van der Waals surface area (Å²) in [5, 5.41) is 0. The van der Waals surface area contributed by atoms with Crippen LogP contribution in [-0.2, 0) is 0 Å². The van der Waals surface area contributed by atoms with Crippen LogP contribution in [0.15, 0.2) is 24.5 Å². The molecule has 1 heterocycles. The summed E-state index contributed by atoms with van der Waals surface area (Å²) in [6, 6.07) is 4.66. The summed E-state index contributed by atoms with van der Waals surface area (Å²) in [5.74, 6) is 0. The molecule has 0 aromatic carbocycles. The molecule has 1 aromatic rings. The number of nitrogens with zero attached hydrogens (tertiary/aromatic N) is 2. The number of nitrogens with two attached hydrogens (primary N) is 1. The molecule has 0 saturated heterocycles. The van der Waals surface area contributed by atoms with Gasteiger partial charge in [0, 0.05) is 24.5 Å². The second-order valence-electron chi connectivity index (χ2n) is 4.43. The Balaban J connectivity index is 2.94. The summed E-state index contributed by atoms with van der Waals surface area (Å²) in [6.07, 6.45) is 5.86. The van der Waals surface area contributed by atoms with E-state index in [1.54, 1.807) is 0 Å². The second-order valence-corrected chi connectivity index (χ2v) is 4.43. The fraction of sp³-hybridized carbons (Fsp3) is 0.643. The quantitative estimate of drug-likeness (QED) is 0.790. The van der Waals surface area contributed by atoms with Crippen molar-refractivity contribution in [3.63, 3.8) is 0 Å². The molecule has 0 aliphatic carbocycles. The molecule has 96 valence electrons. The van der Waals surface area contributed by atoms with Crippen LogP contribution in [0.3, 0.4) is 0 Å². The smallest absolute Gasteiger partial charge is 0.0500 e. The van der Waals surface area contributed by atoms with E-state index in [1.165, 1.54) is 5.56 Å². The molecule has 1 aromatic heterocycles. The molecule has 3 nitrogen and oxygen atoms in total. The van der Waals surface area contributed by atoms with Crippen molar-refractivity contribution in [1.29, 1.82) is 0 Å². The van der Waals surface area contributed by atoms with Crippen LogP contribution in [-0.4, -0.2) is 29.0 Å². The van der Waals surface area contributed by atoms with Crippen molar-refractivity contribution < 1.29 is 0 Å². The molecule has 0 aliphatic heterocycles. The van der Waals surface area contributed by atoms with Crippen molar-refractivity contribution in [2.75, 3.05) is 13.1 Å². The molecule has 17 heavy (non-hydrogen) atoms. The molecular formula is C14H25N3. The Morgan fingerprint density at radius 3 is 2.35 bits per heavy atom. The first-order chi connectivity index (χ1) is 8.24. The van der Waals surface area contributed by atoms with Crippen LogP contribution in [0.4, 0.5) is 0 Å². The maximum Gasteiger partial charge on any atom is 0.0500 e. The van der Waals surface area contributed by atoms with Gasteiger partial charge in [-0.1, -0.05) is 20.8 Å². The van der Waals surface area contributed by atoms with Crippen LogP contribution in [0.2, 0.25) is 0 Å². The van der Waals surface area contributed by atoms with Gasteiger partial charge in [-0.05, 0) is 43.6 Å². The van der Waals surface area contributed by atoms with E-state index in [1.807, 2.05) is 12.4 Å². The van der Waals surface area contributed by atoms with Gasteiger partial charge in [-0.3, -0.25) is 9.88 Å². The lowest BCUT2D eigenvalue weighted by Crippen LogP contribution is -2.41. The van der Waals surface area contributed by atoms with Gasteiger partial charge in [-0.15, -0.1) is 0 Å². The van der Waals surface area contributed by atoms with E-state index in [4.69, 9.17) is 5.73 Å². The Labute approximate surface area is 105 Å². The Hall–Kier alpha value is -0.930. The molecule has 0 radical (unpaired) electrons. The van der Waals surface area contributed by atoms with Gasteiger partial charge in [0.2, 0.25) is 0 Å². The number of hydrogen-bond acceptors (Lipinski definition) is 3. The third kappa shape index (κ3) is 3.79. The number of likely N-dealkylation sites (N-methyl/N-ethyl adjacent to an activating group) is 1. The topological polar surface area (TPSA) is 42.2 Å². The fourth-order valence-corrected chi connectivity index (χ4v) is 2.29. The Kier molecular flexibility index (Phi) is 6.16. The van der Waals surface area contributed by atoms with Crippen LogP contribution in [0, 0.1) is 0 Å². The highest BCUT2D eigenvalue weighted by atomic mass is 15.2.